The van der Waals surface area contributed by atoms with Gasteiger partial charge in [0.15, 0.2) is 5.82 Å². The molecule has 4 nitrogen and oxygen atoms in total. The quantitative estimate of drug-likeness (QED) is 0.919. The molecule has 1 N–H and O–H groups in total. The van der Waals surface area contributed by atoms with Crippen LogP contribution in [0.3, 0.4) is 0 Å². The third kappa shape index (κ3) is 3.02. The topological polar surface area (TPSA) is 51.0 Å². The predicted molar refractivity (Wildman–Crippen MR) is 78.0 cm³/mol. The summed E-state index contributed by atoms with van der Waals surface area (Å²) in [5, 5.41) is 8.19. The lowest BCUT2D eigenvalue weighted by Gasteiger charge is -2.36. The standard InChI is InChI=1S/C15H18ClN3O/c1-10-18-15(20-19-10)6-7-17-12-8-11(9-12)13-4-2-3-5-14(13)16/h2-5,11-12,17H,6-9H2,1H3. The van der Waals surface area contributed by atoms with Crippen LogP contribution in [0.15, 0.2) is 28.8 Å². The van der Waals surface area contributed by atoms with Crippen LogP contribution in [0.1, 0.15) is 36.0 Å². The van der Waals surface area contributed by atoms with Crippen molar-refractivity contribution in [3.63, 3.8) is 0 Å². The van der Waals surface area contributed by atoms with Crippen molar-refractivity contribution in [2.75, 3.05) is 6.54 Å². The fourth-order valence-electron chi connectivity index (χ4n) is 2.67. The first kappa shape index (κ1) is 13.6. The number of aromatic nitrogens is 2. The van der Waals surface area contributed by atoms with E-state index in [-0.39, 0.29) is 0 Å². The van der Waals surface area contributed by atoms with Crippen molar-refractivity contribution in [1.29, 1.82) is 0 Å². The summed E-state index contributed by atoms with van der Waals surface area (Å²) >= 11 is 6.22. The van der Waals surface area contributed by atoms with Crippen molar-refractivity contribution in [2.45, 2.75) is 38.1 Å². The Balaban J connectivity index is 1.41. The maximum absolute atomic E-state index is 6.22. The molecule has 1 fully saturated rings. The van der Waals surface area contributed by atoms with Crippen molar-refractivity contribution >= 4 is 11.6 Å². The van der Waals surface area contributed by atoms with Gasteiger partial charge in [-0.15, -0.1) is 0 Å². The minimum absolute atomic E-state index is 0.570. The van der Waals surface area contributed by atoms with E-state index in [4.69, 9.17) is 16.1 Å². The van der Waals surface area contributed by atoms with E-state index in [0.29, 0.717) is 23.7 Å². The summed E-state index contributed by atoms with van der Waals surface area (Å²) in [5.41, 5.74) is 1.28. The zero-order valence-corrected chi connectivity index (χ0v) is 12.2. The highest BCUT2D eigenvalue weighted by Crippen LogP contribution is 2.39. The molecule has 5 heteroatoms. The summed E-state index contributed by atoms with van der Waals surface area (Å²) in [5.74, 6) is 1.99. The average Bonchev–Trinajstić information content (AvgIpc) is 2.79. The van der Waals surface area contributed by atoms with Gasteiger partial charge in [0.1, 0.15) is 0 Å². The normalized spacial score (nSPS) is 21.7. The number of hydrogen-bond donors (Lipinski definition) is 1. The first-order chi connectivity index (χ1) is 9.72. The predicted octanol–water partition coefficient (Wildman–Crippen LogP) is 3.11. The number of nitrogens with one attached hydrogen (secondary N) is 1. The van der Waals surface area contributed by atoms with Gasteiger partial charge in [0.25, 0.3) is 0 Å². The van der Waals surface area contributed by atoms with E-state index < -0.39 is 0 Å². The van der Waals surface area contributed by atoms with Crippen molar-refractivity contribution in [1.82, 2.24) is 15.5 Å². The lowest BCUT2D eigenvalue weighted by atomic mass is 9.76. The highest BCUT2D eigenvalue weighted by Gasteiger charge is 2.30. The van der Waals surface area contributed by atoms with Crippen molar-refractivity contribution in [3.8, 4) is 0 Å². The maximum Gasteiger partial charge on any atom is 0.227 e. The van der Waals surface area contributed by atoms with Gasteiger partial charge in [0.2, 0.25) is 5.89 Å². The molecule has 1 aromatic heterocycles. The molecular formula is C15H18ClN3O. The molecule has 0 aliphatic heterocycles. The average molecular weight is 292 g/mol. The molecule has 3 rings (SSSR count). The maximum atomic E-state index is 6.22. The summed E-state index contributed by atoms with van der Waals surface area (Å²) in [4.78, 5) is 4.19. The van der Waals surface area contributed by atoms with Crippen LogP contribution in [0.5, 0.6) is 0 Å². The lowest BCUT2D eigenvalue weighted by Crippen LogP contribution is -2.41. The molecule has 20 heavy (non-hydrogen) atoms. The van der Waals surface area contributed by atoms with E-state index in [0.717, 1.165) is 30.8 Å². The summed E-state index contributed by atoms with van der Waals surface area (Å²) in [6, 6.07) is 8.70. The molecule has 0 saturated heterocycles. The highest BCUT2D eigenvalue weighted by atomic mass is 35.5. The summed E-state index contributed by atoms with van der Waals surface area (Å²) in [6.45, 7) is 2.71. The van der Waals surface area contributed by atoms with Gasteiger partial charge in [-0.25, -0.2) is 0 Å². The SMILES string of the molecule is Cc1noc(CCNC2CC(c3ccccc3Cl)C2)n1. The highest BCUT2D eigenvalue weighted by molar-refractivity contribution is 6.31. The van der Waals surface area contributed by atoms with Crippen molar-refractivity contribution < 1.29 is 4.52 Å². The minimum atomic E-state index is 0.570. The molecule has 1 heterocycles. The van der Waals surface area contributed by atoms with E-state index in [1.54, 1.807) is 0 Å². The van der Waals surface area contributed by atoms with Gasteiger partial charge in [-0.3, -0.25) is 0 Å². The molecule has 0 radical (unpaired) electrons. The van der Waals surface area contributed by atoms with Crippen molar-refractivity contribution in [2.24, 2.45) is 0 Å². The molecule has 0 amide bonds. The number of halogens is 1. The van der Waals surface area contributed by atoms with Crippen LogP contribution in [0.25, 0.3) is 0 Å². The Morgan fingerprint density at radius 1 is 1.35 bits per heavy atom. The van der Waals surface area contributed by atoms with Gasteiger partial charge in [-0.2, -0.15) is 4.98 Å². The second kappa shape index (κ2) is 5.94. The first-order valence-corrected chi connectivity index (χ1v) is 7.37. The molecule has 0 unspecified atom stereocenters. The molecule has 1 aliphatic carbocycles. The number of benzene rings is 1. The Labute approximate surface area is 123 Å². The van der Waals surface area contributed by atoms with Gasteiger partial charge >= 0.3 is 0 Å². The van der Waals surface area contributed by atoms with Crippen LogP contribution in [-0.4, -0.2) is 22.7 Å². The van der Waals surface area contributed by atoms with Gasteiger partial charge in [0.05, 0.1) is 0 Å². The monoisotopic (exact) mass is 291 g/mol. The molecule has 106 valence electrons. The first-order valence-electron chi connectivity index (χ1n) is 6.99. The van der Waals surface area contributed by atoms with Crippen LogP contribution >= 0.6 is 11.6 Å². The Morgan fingerprint density at radius 3 is 2.85 bits per heavy atom. The summed E-state index contributed by atoms with van der Waals surface area (Å²) in [7, 11) is 0. The van der Waals surface area contributed by atoms with E-state index >= 15 is 0 Å². The third-order valence-corrected chi connectivity index (χ3v) is 4.17. The fourth-order valence-corrected chi connectivity index (χ4v) is 2.96. The second-order valence-electron chi connectivity index (χ2n) is 5.33. The third-order valence-electron chi connectivity index (χ3n) is 3.82. The number of rotatable bonds is 5. The van der Waals surface area contributed by atoms with E-state index in [1.165, 1.54) is 5.56 Å². The molecule has 1 saturated carbocycles. The molecular weight excluding hydrogens is 274 g/mol. The number of aryl methyl sites for hydroxylation is 1. The minimum Gasteiger partial charge on any atom is -0.339 e. The van der Waals surface area contributed by atoms with Crippen LogP contribution in [0, 0.1) is 6.92 Å². The second-order valence-corrected chi connectivity index (χ2v) is 5.73. The molecule has 0 bridgehead atoms. The lowest BCUT2D eigenvalue weighted by molar-refractivity contribution is 0.287. The van der Waals surface area contributed by atoms with Crippen molar-refractivity contribution in [3.05, 3.63) is 46.6 Å². The Bertz CT molecular complexity index is 578. The Kier molecular flexibility index (Phi) is 4.03. The van der Waals surface area contributed by atoms with Crippen LogP contribution in [-0.2, 0) is 6.42 Å². The smallest absolute Gasteiger partial charge is 0.227 e. The molecule has 2 aromatic rings. The van der Waals surface area contributed by atoms with Gasteiger partial charge in [0, 0.05) is 24.0 Å². The molecule has 1 aliphatic rings. The number of hydrogen-bond acceptors (Lipinski definition) is 4. The molecule has 1 aromatic carbocycles. The van der Waals surface area contributed by atoms with Gasteiger partial charge in [-0.1, -0.05) is 35.0 Å². The zero-order valence-electron chi connectivity index (χ0n) is 11.5. The Morgan fingerprint density at radius 2 is 2.15 bits per heavy atom. The van der Waals surface area contributed by atoms with E-state index in [9.17, 15) is 0 Å². The molecule has 0 atom stereocenters. The summed E-state index contributed by atoms with van der Waals surface area (Å²) in [6.07, 6.45) is 3.08. The largest absolute Gasteiger partial charge is 0.339 e. The zero-order chi connectivity index (χ0) is 13.9. The number of nitrogens with zero attached hydrogens (tertiary/aromatic N) is 2. The van der Waals surface area contributed by atoms with Crippen LogP contribution in [0.4, 0.5) is 0 Å². The fraction of sp³-hybridized carbons (Fsp3) is 0.467. The van der Waals surface area contributed by atoms with Gasteiger partial charge < -0.3 is 9.84 Å². The van der Waals surface area contributed by atoms with Gasteiger partial charge in [-0.05, 0) is 37.3 Å². The van der Waals surface area contributed by atoms with E-state index in [1.807, 2.05) is 19.1 Å². The van der Waals surface area contributed by atoms with Crippen LogP contribution in [0.2, 0.25) is 5.02 Å². The Hall–Kier alpha value is -1.39. The summed E-state index contributed by atoms with van der Waals surface area (Å²) < 4.78 is 5.09. The van der Waals surface area contributed by atoms with E-state index in [2.05, 4.69) is 27.6 Å². The molecule has 0 spiro atoms. The van der Waals surface area contributed by atoms with Crippen LogP contribution < -0.4 is 5.32 Å².